The Bertz CT molecular complexity index is 283. The van der Waals surface area contributed by atoms with E-state index in [9.17, 15) is 0 Å². The fourth-order valence-corrected chi connectivity index (χ4v) is 4.68. The van der Waals surface area contributed by atoms with Gasteiger partial charge in [-0.1, -0.05) is 26.2 Å². The van der Waals surface area contributed by atoms with Gasteiger partial charge < -0.3 is 5.73 Å². The smallest absolute Gasteiger partial charge is 0.292 e. The molecule has 3 N–H and O–H groups in total. The second-order valence-electron chi connectivity index (χ2n) is 6.98. The highest BCUT2D eigenvalue weighted by Gasteiger charge is 2.46. The first-order valence-electron chi connectivity index (χ1n) is 8.94. The lowest BCUT2D eigenvalue weighted by Gasteiger charge is -2.50. The molecule has 2 rings (SSSR count). The highest BCUT2D eigenvalue weighted by molar-refractivity contribution is 5.67. The third-order valence-corrected chi connectivity index (χ3v) is 5.78. The average Bonchev–Trinajstić information content (AvgIpc) is 2.50. The molecule has 0 aliphatic heterocycles. The molecule has 0 amide bonds. The lowest BCUT2D eigenvalue weighted by molar-refractivity contribution is -0.897. The minimum Gasteiger partial charge on any atom is -0.338 e. The van der Waals surface area contributed by atoms with Crippen molar-refractivity contribution >= 4 is 5.96 Å². The van der Waals surface area contributed by atoms with E-state index in [1.54, 1.807) is 0 Å². The summed E-state index contributed by atoms with van der Waals surface area (Å²) in [7, 11) is 0. The summed E-state index contributed by atoms with van der Waals surface area (Å²) in [5.74, 6) is 0.470. The molecule has 20 heavy (non-hydrogen) atoms. The number of hydrogen-bond acceptors (Lipinski definition) is 1. The summed E-state index contributed by atoms with van der Waals surface area (Å²) in [5, 5.41) is 8.40. The van der Waals surface area contributed by atoms with Crippen LogP contribution in [0.15, 0.2) is 0 Å². The second-order valence-corrected chi connectivity index (χ2v) is 6.98. The second kappa shape index (κ2) is 7.44. The Labute approximate surface area is 125 Å². The van der Waals surface area contributed by atoms with Gasteiger partial charge in [0.2, 0.25) is 0 Å². The highest BCUT2D eigenvalue weighted by atomic mass is 15.5. The fraction of sp³-hybridized carbons (Fsp3) is 0.941. The van der Waals surface area contributed by atoms with Gasteiger partial charge in [0.25, 0.3) is 5.96 Å². The van der Waals surface area contributed by atoms with Crippen LogP contribution >= 0.6 is 0 Å². The number of nitrogens with one attached hydrogen (secondary N) is 1. The van der Waals surface area contributed by atoms with Crippen LogP contribution in [-0.4, -0.2) is 29.1 Å². The highest BCUT2D eigenvalue weighted by Crippen LogP contribution is 2.37. The van der Waals surface area contributed by atoms with Gasteiger partial charge in [0.15, 0.2) is 0 Å². The number of hydrogen-bond donors (Lipinski definition) is 2. The molecule has 0 aromatic heterocycles. The monoisotopic (exact) mass is 280 g/mol. The number of quaternary nitrogens is 1. The fourth-order valence-electron chi connectivity index (χ4n) is 4.68. The summed E-state index contributed by atoms with van der Waals surface area (Å²) in [6.45, 7) is 3.37. The zero-order valence-electron chi connectivity index (χ0n) is 13.4. The quantitative estimate of drug-likeness (QED) is 0.443. The van der Waals surface area contributed by atoms with Crippen molar-refractivity contribution in [2.24, 2.45) is 5.73 Å². The zero-order chi connectivity index (χ0) is 14.4. The van der Waals surface area contributed by atoms with Crippen molar-refractivity contribution in [3.8, 4) is 0 Å². The van der Waals surface area contributed by atoms with Crippen molar-refractivity contribution in [3.63, 3.8) is 0 Å². The Hall–Kier alpha value is -0.570. The lowest BCUT2D eigenvalue weighted by Crippen LogP contribution is -2.68. The average molecular weight is 280 g/mol. The van der Waals surface area contributed by atoms with Crippen LogP contribution in [0.3, 0.4) is 0 Å². The van der Waals surface area contributed by atoms with Crippen molar-refractivity contribution in [2.75, 3.05) is 6.54 Å². The van der Waals surface area contributed by atoms with Crippen molar-refractivity contribution in [2.45, 2.75) is 96.1 Å². The van der Waals surface area contributed by atoms with Gasteiger partial charge in [-0.25, -0.2) is 5.41 Å². The largest absolute Gasteiger partial charge is 0.338 e. The van der Waals surface area contributed by atoms with Gasteiger partial charge in [-0.05, 0) is 57.8 Å². The molecule has 0 atom stereocenters. The van der Waals surface area contributed by atoms with Crippen LogP contribution in [0, 0.1) is 5.41 Å². The molecule has 2 fully saturated rings. The van der Waals surface area contributed by atoms with Crippen LogP contribution in [0.5, 0.6) is 0 Å². The molecular formula is C17H34N3+. The molecule has 0 bridgehead atoms. The number of unbranched alkanes of at least 4 members (excludes halogenated alkanes) is 1. The molecule has 116 valence electrons. The van der Waals surface area contributed by atoms with E-state index in [0.717, 1.165) is 11.0 Å². The number of nitrogens with zero attached hydrogens (tertiary/aromatic N) is 1. The van der Waals surface area contributed by atoms with Crippen molar-refractivity contribution < 1.29 is 4.48 Å². The minimum atomic E-state index is 0.470. The molecule has 3 heteroatoms. The molecule has 2 aliphatic rings. The predicted molar refractivity (Wildman–Crippen MR) is 85.7 cm³/mol. The topological polar surface area (TPSA) is 49.9 Å². The maximum Gasteiger partial charge on any atom is 0.292 e. The van der Waals surface area contributed by atoms with Crippen LogP contribution in [0.1, 0.15) is 84.0 Å². The van der Waals surface area contributed by atoms with E-state index < -0.39 is 0 Å². The van der Waals surface area contributed by atoms with Gasteiger partial charge >= 0.3 is 0 Å². The SMILES string of the molecule is CCCC[N+](C(=N)N)(C1CCCCC1)C1CCCCC1. The van der Waals surface area contributed by atoms with Crippen LogP contribution in [0.2, 0.25) is 0 Å². The van der Waals surface area contributed by atoms with E-state index in [1.807, 2.05) is 0 Å². The van der Waals surface area contributed by atoms with Crippen LogP contribution in [0.4, 0.5) is 0 Å². The molecule has 3 nitrogen and oxygen atoms in total. The summed E-state index contributed by atoms with van der Waals surface area (Å²) in [4.78, 5) is 0. The van der Waals surface area contributed by atoms with Crippen LogP contribution < -0.4 is 5.73 Å². The molecule has 0 heterocycles. The maximum atomic E-state index is 8.40. The van der Waals surface area contributed by atoms with Gasteiger partial charge in [0.1, 0.15) is 0 Å². The Morgan fingerprint density at radius 1 is 0.950 bits per heavy atom. The van der Waals surface area contributed by atoms with Crippen molar-refractivity contribution in [3.05, 3.63) is 0 Å². The molecule has 0 aromatic rings. The van der Waals surface area contributed by atoms with Gasteiger partial charge in [0, 0.05) is 0 Å². The molecule has 0 saturated heterocycles. The summed E-state index contributed by atoms with van der Waals surface area (Å²) >= 11 is 0. The van der Waals surface area contributed by atoms with E-state index in [-0.39, 0.29) is 0 Å². The molecule has 0 radical (unpaired) electrons. The molecule has 2 saturated carbocycles. The molecule has 0 unspecified atom stereocenters. The van der Waals surface area contributed by atoms with Gasteiger partial charge in [-0.2, -0.15) is 0 Å². The standard InChI is InChI=1S/C17H34N3/c1-2-3-14-20(17(18)19,15-10-6-4-7-11-15)16-12-8-5-9-13-16/h15-16H,2-14H2,1H3,(H3,18,19)/q+1. The van der Waals surface area contributed by atoms with E-state index in [1.165, 1.54) is 77.0 Å². The van der Waals surface area contributed by atoms with E-state index in [0.29, 0.717) is 18.0 Å². The van der Waals surface area contributed by atoms with Crippen LogP contribution in [-0.2, 0) is 0 Å². The summed E-state index contributed by atoms with van der Waals surface area (Å²) in [6, 6.07) is 1.27. The third-order valence-electron chi connectivity index (χ3n) is 5.78. The van der Waals surface area contributed by atoms with Crippen molar-refractivity contribution in [1.29, 1.82) is 5.41 Å². The Morgan fingerprint density at radius 2 is 1.40 bits per heavy atom. The Morgan fingerprint density at radius 3 is 1.75 bits per heavy atom. The normalized spacial score (nSPS) is 22.9. The van der Waals surface area contributed by atoms with Gasteiger partial charge in [0.05, 0.1) is 18.6 Å². The Balaban J connectivity index is 2.23. The van der Waals surface area contributed by atoms with E-state index in [4.69, 9.17) is 11.1 Å². The van der Waals surface area contributed by atoms with Gasteiger partial charge in [-0.15, -0.1) is 0 Å². The zero-order valence-corrected chi connectivity index (χ0v) is 13.4. The van der Waals surface area contributed by atoms with Crippen LogP contribution in [0.25, 0.3) is 0 Å². The molecule has 0 aromatic carbocycles. The summed E-state index contributed by atoms with van der Waals surface area (Å²) in [6.07, 6.45) is 15.7. The number of nitrogens with two attached hydrogens (primary N) is 1. The predicted octanol–water partition coefficient (Wildman–Crippen LogP) is 4.16. The van der Waals surface area contributed by atoms with Crippen molar-refractivity contribution in [1.82, 2.24) is 0 Å². The van der Waals surface area contributed by atoms with E-state index >= 15 is 0 Å². The minimum absolute atomic E-state index is 0.470. The summed E-state index contributed by atoms with van der Waals surface area (Å²) in [5.41, 5.74) is 6.23. The number of rotatable bonds is 5. The first-order chi connectivity index (χ1) is 9.71. The first kappa shape index (κ1) is 15.8. The first-order valence-corrected chi connectivity index (χ1v) is 8.94. The lowest BCUT2D eigenvalue weighted by atomic mass is 9.85. The third kappa shape index (κ3) is 3.19. The molecule has 2 aliphatic carbocycles. The molecular weight excluding hydrogens is 246 g/mol. The maximum absolute atomic E-state index is 8.40. The van der Waals surface area contributed by atoms with E-state index in [2.05, 4.69) is 6.92 Å². The summed E-state index contributed by atoms with van der Waals surface area (Å²) < 4.78 is 0.855. The number of guanidine groups is 1. The van der Waals surface area contributed by atoms with Gasteiger partial charge in [-0.3, -0.25) is 4.48 Å². The Kier molecular flexibility index (Phi) is 5.88. The molecule has 0 spiro atoms.